The fourth-order valence-corrected chi connectivity index (χ4v) is 6.66. The van der Waals surface area contributed by atoms with Crippen LogP contribution in [0.2, 0.25) is 0 Å². The van der Waals surface area contributed by atoms with Gasteiger partial charge >= 0.3 is 0 Å². The normalized spacial score (nSPS) is 17.2. The van der Waals surface area contributed by atoms with Crippen LogP contribution in [0.1, 0.15) is 34.1 Å². The van der Waals surface area contributed by atoms with Gasteiger partial charge in [0.05, 0.1) is 51.9 Å². The maximum absolute atomic E-state index is 13.4. The van der Waals surface area contributed by atoms with Crippen molar-refractivity contribution in [2.24, 2.45) is 0 Å². The van der Waals surface area contributed by atoms with Crippen LogP contribution in [0.25, 0.3) is 21.6 Å². The van der Waals surface area contributed by atoms with Crippen molar-refractivity contribution in [1.82, 2.24) is 20.1 Å². The van der Waals surface area contributed by atoms with Gasteiger partial charge in [0.2, 0.25) is 0 Å². The summed E-state index contributed by atoms with van der Waals surface area (Å²) < 4.78 is 31.1. The number of benzene rings is 1. The molecule has 0 saturated carbocycles. The standard InChI is InChI=1S/C24H24N4O4S2/c1-15-22-19(24(29)25-13-16-5-7-18(32-2)8-6-16)12-20(21-4-3-10-33-21)26-23(22)28(27-15)17-9-11-34(30,31)14-17/h3-8,10,12,17H,9,11,13-14H2,1-2H3,(H,25,29)/t17-/m1/s1. The highest BCUT2D eigenvalue weighted by Gasteiger charge is 2.32. The molecule has 0 aliphatic carbocycles. The topological polar surface area (TPSA) is 103 Å². The Bertz CT molecular complexity index is 1460. The van der Waals surface area contributed by atoms with E-state index in [0.717, 1.165) is 16.2 Å². The molecule has 0 radical (unpaired) electrons. The number of rotatable bonds is 6. The van der Waals surface area contributed by atoms with Gasteiger partial charge in [-0.25, -0.2) is 18.1 Å². The second kappa shape index (κ2) is 8.84. The molecular formula is C24H24N4O4S2. The van der Waals surface area contributed by atoms with Gasteiger partial charge in [0.25, 0.3) is 5.91 Å². The summed E-state index contributed by atoms with van der Waals surface area (Å²) in [6, 6.07) is 12.9. The molecule has 176 valence electrons. The molecule has 5 rings (SSSR count). The number of ether oxygens (including phenoxy) is 1. The number of carbonyl (C=O) groups is 1. The fourth-order valence-electron chi connectivity index (χ4n) is 4.29. The number of pyridine rings is 1. The minimum Gasteiger partial charge on any atom is -0.497 e. The number of nitrogens with zero attached hydrogens (tertiary/aromatic N) is 3. The largest absolute Gasteiger partial charge is 0.497 e. The quantitative estimate of drug-likeness (QED) is 0.436. The summed E-state index contributed by atoms with van der Waals surface area (Å²) in [4.78, 5) is 19.1. The van der Waals surface area contributed by atoms with Gasteiger partial charge in [0.1, 0.15) is 5.75 Å². The molecule has 1 aliphatic rings. The number of hydrogen-bond donors (Lipinski definition) is 1. The zero-order valence-corrected chi connectivity index (χ0v) is 20.4. The van der Waals surface area contributed by atoms with E-state index in [1.54, 1.807) is 17.9 Å². The summed E-state index contributed by atoms with van der Waals surface area (Å²) in [7, 11) is -1.49. The van der Waals surface area contributed by atoms with E-state index in [4.69, 9.17) is 9.72 Å². The lowest BCUT2D eigenvalue weighted by Gasteiger charge is -2.12. The zero-order valence-electron chi connectivity index (χ0n) is 18.8. The molecule has 10 heteroatoms. The van der Waals surface area contributed by atoms with Crippen molar-refractivity contribution in [3.8, 4) is 16.3 Å². The van der Waals surface area contributed by atoms with Gasteiger partial charge in [-0.05, 0) is 48.6 Å². The van der Waals surface area contributed by atoms with E-state index in [9.17, 15) is 13.2 Å². The lowest BCUT2D eigenvalue weighted by Crippen LogP contribution is -2.23. The third-order valence-electron chi connectivity index (χ3n) is 6.02. The third kappa shape index (κ3) is 4.30. The van der Waals surface area contributed by atoms with Gasteiger partial charge in [-0.15, -0.1) is 11.3 Å². The van der Waals surface area contributed by atoms with E-state index in [1.165, 1.54) is 11.3 Å². The number of carbonyl (C=O) groups excluding carboxylic acids is 1. The predicted molar refractivity (Wildman–Crippen MR) is 132 cm³/mol. The molecular weight excluding hydrogens is 472 g/mol. The molecule has 1 N–H and O–H groups in total. The van der Waals surface area contributed by atoms with Gasteiger partial charge in [-0.3, -0.25) is 4.79 Å². The minimum absolute atomic E-state index is 0.0349. The molecule has 1 fully saturated rings. The number of nitrogens with one attached hydrogen (secondary N) is 1. The maximum Gasteiger partial charge on any atom is 0.252 e. The third-order valence-corrected chi connectivity index (χ3v) is 8.66. The molecule has 1 amide bonds. The smallest absolute Gasteiger partial charge is 0.252 e. The Balaban J connectivity index is 1.55. The van der Waals surface area contributed by atoms with Gasteiger partial charge < -0.3 is 10.1 Å². The van der Waals surface area contributed by atoms with E-state index in [2.05, 4.69) is 10.4 Å². The molecule has 4 heterocycles. The minimum atomic E-state index is -3.10. The van der Waals surface area contributed by atoms with Crippen LogP contribution < -0.4 is 10.1 Å². The molecule has 1 atom stereocenters. The number of fused-ring (bicyclic) bond motifs is 1. The number of aromatic nitrogens is 3. The number of sulfone groups is 1. The van der Waals surface area contributed by atoms with Gasteiger partial charge in [0, 0.05) is 6.54 Å². The summed E-state index contributed by atoms with van der Waals surface area (Å²) in [6.07, 6.45) is 0.489. The van der Waals surface area contributed by atoms with Crippen LogP contribution in [0, 0.1) is 6.92 Å². The van der Waals surface area contributed by atoms with Crippen molar-refractivity contribution in [1.29, 1.82) is 0 Å². The molecule has 34 heavy (non-hydrogen) atoms. The number of aryl methyl sites for hydroxylation is 1. The predicted octanol–water partition coefficient (Wildman–Crippen LogP) is 3.77. The maximum atomic E-state index is 13.4. The van der Waals surface area contributed by atoms with Crippen LogP contribution in [0.3, 0.4) is 0 Å². The lowest BCUT2D eigenvalue weighted by atomic mass is 10.1. The Morgan fingerprint density at radius 3 is 2.71 bits per heavy atom. The first kappa shape index (κ1) is 22.5. The number of methoxy groups -OCH3 is 1. The van der Waals surface area contributed by atoms with E-state index in [1.807, 2.05) is 48.7 Å². The Labute approximate surface area is 201 Å². The van der Waals surface area contributed by atoms with Crippen LogP contribution >= 0.6 is 11.3 Å². The highest BCUT2D eigenvalue weighted by atomic mass is 32.2. The first-order chi connectivity index (χ1) is 16.3. The Morgan fingerprint density at radius 2 is 2.06 bits per heavy atom. The van der Waals surface area contributed by atoms with E-state index in [-0.39, 0.29) is 23.5 Å². The summed E-state index contributed by atoms with van der Waals surface area (Å²) >= 11 is 1.53. The molecule has 4 aromatic rings. The van der Waals surface area contributed by atoms with Crippen molar-refractivity contribution in [3.63, 3.8) is 0 Å². The van der Waals surface area contributed by atoms with E-state index in [0.29, 0.717) is 41.0 Å². The summed E-state index contributed by atoms with van der Waals surface area (Å²) in [5, 5.41) is 10.2. The molecule has 0 spiro atoms. The second-order valence-corrected chi connectivity index (χ2v) is 11.5. The lowest BCUT2D eigenvalue weighted by molar-refractivity contribution is 0.0952. The highest BCUT2D eigenvalue weighted by Crippen LogP contribution is 2.33. The average molecular weight is 497 g/mol. The van der Waals surface area contributed by atoms with Crippen molar-refractivity contribution in [3.05, 3.63) is 64.7 Å². The number of thiophene rings is 1. The number of hydrogen-bond acceptors (Lipinski definition) is 7. The zero-order chi connectivity index (χ0) is 23.9. The van der Waals surface area contributed by atoms with Crippen molar-refractivity contribution in [2.45, 2.75) is 25.9 Å². The number of amides is 1. The first-order valence-electron chi connectivity index (χ1n) is 10.9. The Morgan fingerprint density at radius 1 is 1.26 bits per heavy atom. The molecule has 8 nitrogen and oxygen atoms in total. The van der Waals surface area contributed by atoms with Gasteiger partial charge in [0.15, 0.2) is 15.5 Å². The molecule has 1 aliphatic heterocycles. The summed E-state index contributed by atoms with van der Waals surface area (Å²) in [5.74, 6) is 0.691. The highest BCUT2D eigenvalue weighted by molar-refractivity contribution is 7.91. The van der Waals surface area contributed by atoms with Crippen LogP contribution in [0.15, 0.2) is 47.8 Å². The van der Waals surface area contributed by atoms with E-state index >= 15 is 0 Å². The van der Waals surface area contributed by atoms with Crippen LogP contribution in [0.4, 0.5) is 0 Å². The van der Waals surface area contributed by atoms with Gasteiger partial charge in [-0.1, -0.05) is 18.2 Å². The molecule has 3 aromatic heterocycles. The SMILES string of the molecule is COc1ccc(CNC(=O)c2cc(-c3cccs3)nc3c2c(C)nn3[C@@H]2CCS(=O)(=O)C2)cc1. The van der Waals surface area contributed by atoms with Crippen molar-refractivity contribution < 1.29 is 17.9 Å². The average Bonchev–Trinajstić information content (AvgIpc) is 3.56. The summed E-state index contributed by atoms with van der Waals surface area (Å²) in [5.41, 5.74) is 3.28. The van der Waals surface area contributed by atoms with E-state index < -0.39 is 9.84 Å². The molecule has 0 bridgehead atoms. The fraction of sp³-hybridized carbons (Fsp3) is 0.292. The van der Waals surface area contributed by atoms with Crippen molar-refractivity contribution >= 4 is 38.1 Å². The molecule has 1 saturated heterocycles. The van der Waals surface area contributed by atoms with Crippen LogP contribution in [0.5, 0.6) is 5.75 Å². The summed E-state index contributed by atoms with van der Waals surface area (Å²) in [6.45, 7) is 2.18. The molecule has 0 unspecified atom stereocenters. The second-order valence-electron chi connectivity index (χ2n) is 8.35. The van der Waals surface area contributed by atoms with Crippen molar-refractivity contribution in [2.75, 3.05) is 18.6 Å². The Hall–Kier alpha value is -3.24. The van der Waals surface area contributed by atoms with Crippen LogP contribution in [-0.2, 0) is 16.4 Å². The Kier molecular flexibility index (Phi) is 5.86. The first-order valence-corrected chi connectivity index (χ1v) is 13.6. The van der Waals surface area contributed by atoms with Crippen LogP contribution in [-0.4, -0.2) is 47.7 Å². The van der Waals surface area contributed by atoms with Gasteiger partial charge in [-0.2, -0.15) is 5.10 Å². The molecule has 1 aromatic carbocycles. The monoisotopic (exact) mass is 496 g/mol.